The first kappa shape index (κ1) is 15.8. The van der Waals surface area contributed by atoms with Crippen molar-refractivity contribution >= 4 is 11.9 Å². The first-order chi connectivity index (χ1) is 9.67. The van der Waals surface area contributed by atoms with Gasteiger partial charge >= 0.3 is 5.97 Å². The molecule has 1 amide bonds. The largest absolute Gasteiger partial charge is 0.467 e. The molecule has 0 aliphatic rings. The highest BCUT2D eigenvalue weighted by atomic mass is 16.5. The number of nitrogens with one attached hydrogen (secondary N) is 1. The Morgan fingerprint density at radius 2 is 2.05 bits per heavy atom. The summed E-state index contributed by atoms with van der Waals surface area (Å²) in [6.45, 7) is 0. The van der Waals surface area contributed by atoms with Crippen LogP contribution in [0.1, 0.15) is 24.8 Å². The van der Waals surface area contributed by atoms with E-state index in [1.54, 1.807) is 0 Å². The fraction of sp³-hybridized carbons (Fsp3) is 0.375. The molecular weight excluding hydrogens is 254 g/mol. The van der Waals surface area contributed by atoms with Gasteiger partial charge in [0.15, 0.2) is 0 Å². The molecule has 0 spiro atoms. The third-order valence-electron chi connectivity index (χ3n) is 2.83. The Bertz CT molecular complexity index is 476. The monoisotopic (exact) mass is 273 g/mol. The first-order valence-electron chi connectivity index (χ1n) is 6.52. The van der Waals surface area contributed by atoms with Gasteiger partial charge in [-0.15, -0.1) is 12.3 Å². The second-order valence-corrected chi connectivity index (χ2v) is 4.39. The van der Waals surface area contributed by atoms with Gasteiger partial charge in [-0.3, -0.25) is 4.79 Å². The van der Waals surface area contributed by atoms with Crippen LogP contribution in [-0.4, -0.2) is 25.0 Å². The second kappa shape index (κ2) is 8.76. The fourth-order valence-electron chi connectivity index (χ4n) is 1.80. The molecule has 0 aromatic heterocycles. The zero-order valence-electron chi connectivity index (χ0n) is 11.6. The number of benzene rings is 1. The number of amides is 1. The van der Waals surface area contributed by atoms with Crippen LogP contribution in [0.2, 0.25) is 0 Å². The number of hydrogen-bond acceptors (Lipinski definition) is 3. The van der Waals surface area contributed by atoms with Crippen LogP contribution in [0.3, 0.4) is 0 Å². The van der Waals surface area contributed by atoms with E-state index < -0.39 is 12.0 Å². The second-order valence-electron chi connectivity index (χ2n) is 4.39. The summed E-state index contributed by atoms with van der Waals surface area (Å²) in [5.74, 6) is 1.84. The van der Waals surface area contributed by atoms with Crippen molar-refractivity contribution in [1.82, 2.24) is 5.32 Å². The number of terminal acetylenes is 1. The van der Waals surface area contributed by atoms with Crippen LogP contribution in [0.25, 0.3) is 0 Å². The van der Waals surface area contributed by atoms with Gasteiger partial charge in [0, 0.05) is 19.3 Å². The Balaban J connectivity index is 2.59. The lowest BCUT2D eigenvalue weighted by atomic mass is 10.1. The molecule has 20 heavy (non-hydrogen) atoms. The van der Waals surface area contributed by atoms with Crippen LogP contribution in [0.5, 0.6) is 0 Å². The summed E-state index contributed by atoms with van der Waals surface area (Å²) in [5.41, 5.74) is 0.965. The minimum Gasteiger partial charge on any atom is -0.467 e. The van der Waals surface area contributed by atoms with Crippen molar-refractivity contribution in [2.45, 2.75) is 31.7 Å². The molecule has 0 aliphatic carbocycles. The van der Waals surface area contributed by atoms with Crippen molar-refractivity contribution in [3.63, 3.8) is 0 Å². The van der Waals surface area contributed by atoms with Crippen LogP contribution in [0.4, 0.5) is 0 Å². The van der Waals surface area contributed by atoms with Gasteiger partial charge in [-0.05, 0) is 12.0 Å². The van der Waals surface area contributed by atoms with Gasteiger partial charge < -0.3 is 10.1 Å². The van der Waals surface area contributed by atoms with Crippen LogP contribution in [-0.2, 0) is 20.7 Å². The van der Waals surface area contributed by atoms with Gasteiger partial charge in [0.1, 0.15) is 6.04 Å². The fourth-order valence-corrected chi connectivity index (χ4v) is 1.80. The Morgan fingerprint density at radius 3 is 2.65 bits per heavy atom. The van der Waals surface area contributed by atoms with Gasteiger partial charge in [-0.2, -0.15) is 0 Å². The quantitative estimate of drug-likeness (QED) is 0.467. The van der Waals surface area contributed by atoms with Gasteiger partial charge in [-0.1, -0.05) is 30.3 Å². The van der Waals surface area contributed by atoms with E-state index in [1.165, 1.54) is 7.11 Å². The lowest BCUT2D eigenvalue weighted by Gasteiger charge is -2.16. The van der Waals surface area contributed by atoms with E-state index in [4.69, 9.17) is 11.2 Å². The van der Waals surface area contributed by atoms with Gasteiger partial charge in [0.05, 0.1) is 7.11 Å². The average molecular weight is 273 g/mol. The predicted octanol–water partition coefficient (Wildman–Crippen LogP) is 1.69. The summed E-state index contributed by atoms with van der Waals surface area (Å²) in [6, 6.07) is 8.81. The molecular formula is C16H19NO3. The van der Waals surface area contributed by atoms with Crippen LogP contribution >= 0.6 is 0 Å². The zero-order valence-corrected chi connectivity index (χ0v) is 11.6. The van der Waals surface area contributed by atoms with Crippen LogP contribution < -0.4 is 5.32 Å². The van der Waals surface area contributed by atoms with Crippen molar-refractivity contribution < 1.29 is 14.3 Å². The number of unbranched alkanes of at least 4 members (excludes halogenated alkanes) is 1. The number of carbonyl (C=O) groups excluding carboxylic acids is 2. The maximum atomic E-state index is 11.8. The summed E-state index contributed by atoms with van der Waals surface area (Å²) in [5, 5.41) is 2.69. The number of rotatable bonds is 7. The molecule has 106 valence electrons. The van der Waals surface area contributed by atoms with E-state index in [-0.39, 0.29) is 5.91 Å². The Kier molecular flexibility index (Phi) is 6.91. The molecule has 0 radical (unpaired) electrons. The van der Waals surface area contributed by atoms with Crippen molar-refractivity contribution in [2.24, 2.45) is 0 Å². The summed E-state index contributed by atoms with van der Waals surface area (Å²) >= 11 is 0. The standard InChI is InChI=1S/C16H19NO3/c1-3-4-6-11-15(18)17-14(16(19)20-2)12-13-9-7-5-8-10-13/h1,5,7-10,14H,4,6,11-12H2,2H3,(H,17,18)/t14-/m0/s1. The zero-order chi connectivity index (χ0) is 14.8. The lowest BCUT2D eigenvalue weighted by Crippen LogP contribution is -2.43. The molecule has 1 rings (SSSR count). The third kappa shape index (κ3) is 5.57. The Hall–Kier alpha value is -2.28. The normalized spacial score (nSPS) is 11.2. The Morgan fingerprint density at radius 1 is 1.35 bits per heavy atom. The molecule has 0 fully saturated rings. The summed E-state index contributed by atoms with van der Waals surface area (Å²) < 4.78 is 4.73. The third-order valence-corrected chi connectivity index (χ3v) is 2.83. The van der Waals surface area contributed by atoms with Gasteiger partial charge in [0.2, 0.25) is 5.91 Å². The SMILES string of the molecule is C#CCCCC(=O)N[C@@H](Cc1ccccc1)C(=O)OC. The summed E-state index contributed by atoms with van der Waals surface area (Å²) in [4.78, 5) is 23.5. The molecule has 0 saturated carbocycles. The number of esters is 1. The van der Waals surface area contributed by atoms with E-state index >= 15 is 0 Å². The smallest absolute Gasteiger partial charge is 0.328 e. The van der Waals surface area contributed by atoms with E-state index in [0.29, 0.717) is 25.7 Å². The number of carbonyl (C=O) groups is 2. The molecule has 0 saturated heterocycles. The number of ether oxygens (including phenoxy) is 1. The highest BCUT2D eigenvalue weighted by Gasteiger charge is 2.21. The van der Waals surface area contributed by atoms with E-state index in [1.807, 2.05) is 30.3 Å². The highest BCUT2D eigenvalue weighted by Crippen LogP contribution is 2.05. The van der Waals surface area contributed by atoms with E-state index in [9.17, 15) is 9.59 Å². The number of methoxy groups -OCH3 is 1. The maximum Gasteiger partial charge on any atom is 0.328 e. The first-order valence-corrected chi connectivity index (χ1v) is 6.52. The summed E-state index contributed by atoms with van der Waals surface area (Å²) in [7, 11) is 1.31. The molecule has 0 bridgehead atoms. The lowest BCUT2D eigenvalue weighted by molar-refractivity contribution is -0.145. The Labute approximate surface area is 119 Å². The molecule has 4 nitrogen and oxygen atoms in total. The number of hydrogen-bond donors (Lipinski definition) is 1. The molecule has 1 aromatic rings. The molecule has 4 heteroatoms. The maximum absolute atomic E-state index is 11.8. The van der Waals surface area contributed by atoms with Crippen LogP contribution in [0.15, 0.2) is 30.3 Å². The molecule has 0 heterocycles. The van der Waals surface area contributed by atoms with Crippen molar-refractivity contribution in [3.05, 3.63) is 35.9 Å². The molecule has 0 aliphatic heterocycles. The highest BCUT2D eigenvalue weighted by molar-refractivity contribution is 5.84. The predicted molar refractivity (Wildman–Crippen MR) is 76.8 cm³/mol. The average Bonchev–Trinajstić information content (AvgIpc) is 2.47. The van der Waals surface area contributed by atoms with Gasteiger partial charge in [-0.25, -0.2) is 4.79 Å². The minimum absolute atomic E-state index is 0.188. The van der Waals surface area contributed by atoms with Gasteiger partial charge in [0.25, 0.3) is 0 Å². The molecule has 1 N–H and O–H groups in total. The van der Waals surface area contributed by atoms with Crippen molar-refractivity contribution in [3.8, 4) is 12.3 Å². The summed E-state index contributed by atoms with van der Waals surface area (Å²) in [6.07, 6.45) is 7.02. The molecule has 0 unspecified atom stereocenters. The van der Waals surface area contributed by atoms with Crippen molar-refractivity contribution in [1.29, 1.82) is 0 Å². The van der Waals surface area contributed by atoms with Crippen molar-refractivity contribution in [2.75, 3.05) is 7.11 Å². The molecule has 1 atom stereocenters. The molecule has 1 aromatic carbocycles. The minimum atomic E-state index is -0.666. The van der Waals surface area contributed by atoms with E-state index in [0.717, 1.165) is 5.56 Å². The topological polar surface area (TPSA) is 55.4 Å². The van der Waals surface area contributed by atoms with E-state index in [2.05, 4.69) is 11.2 Å². The van der Waals surface area contributed by atoms with Crippen LogP contribution in [0, 0.1) is 12.3 Å².